The van der Waals surface area contributed by atoms with Gasteiger partial charge in [-0.3, -0.25) is 4.79 Å². The predicted octanol–water partition coefficient (Wildman–Crippen LogP) is 5.47. The largest absolute Gasteiger partial charge is 0.495 e. The third-order valence-corrected chi connectivity index (χ3v) is 6.01. The molecule has 1 amide bonds. The molecule has 2 aromatic carbocycles. The van der Waals surface area contributed by atoms with Gasteiger partial charge in [0.05, 0.1) is 28.6 Å². The summed E-state index contributed by atoms with van der Waals surface area (Å²) in [6, 6.07) is 17.1. The van der Waals surface area contributed by atoms with Crippen molar-refractivity contribution in [2.45, 2.75) is 23.6 Å². The van der Waals surface area contributed by atoms with Crippen LogP contribution < -0.4 is 14.8 Å². The number of thioether (sulfide) groups is 1. The van der Waals surface area contributed by atoms with Crippen molar-refractivity contribution in [1.29, 1.82) is 0 Å². The number of pyridine rings is 1. The summed E-state index contributed by atoms with van der Waals surface area (Å²) < 4.78 is 10.7. The molecule has 31 heavy (non-hydrogen) atoms. The Morgan fingerprint density at radius 1 is 1.06 bits per heavy atom. The Morgan fingerprint density at radius 2 is 1.77 bits per heavy atom. The summed E-state index contributed by atoms with van der Waals surface area (Å²) >= 11 is 7.29. The van der Waals surface area contributed by atoms with Crippen LogP contribution in [0.4, 0.5) is 5.69 Å². The summed E-state index contributed by atoms with van der Waals surface area (Å²) in [5.74, 6) is 0.0178. The topological polar surface area (TPSA) is 77.5 Å². The molecule has 3 aromatic rings. The normalized spacial score (nSPS) is 11.5. The minimum absolute atomic E-state index is 0.215. The molecule has 8 heteroatoms. The minimum Gasteiger partial charge on any atom is -0.495 e. The molecule has 1 N–H and O–H groups in total. The van der Waals surface area contributed by atoms with E-state index in [1.807, 2.05) is 19.1 Å². The number of hydrogen-bond acceptors (Lipinski definition) is 6. The molecule has 0 aliphatic carbocycles. The SMILES string of the molecule is CC[C@H](Sc1ncccc1C(=O)Oc1ccccc1Cl)C(=O)Nc1ccccc1OC. The molecule has 0 spiro atoms. The highest BCUT2D eigenvalue weighted by molar-refractivity contribution is 8.00. The van der Waals surface area contributed by atoms with Crippen molar-refractivity contribution < 1.29 is 19.1 Å². The highest BCUT2D eigenvalue weighted by Gasteiger charge is 2.24. The van der Waals surface area contributed by atoms with Crippen LogP contribution in [0.3, 0.4) is 0 Å². The summed E-state index contributed by atoms with van der Waals surface area (Å²) in [5.41, 5.74) is 0.837. The smallest absolute Gasteiger partial charge is 0.346 e. The molecule has 6 nitrogen and oxygen atoms in total. The Labute approximate surface area is 189 Å². The number of halogens is 1. The number of nitrogens with zero attached hydrogens (tertiary/aromatic N) is 1. The number of aromatic nitrogens is 1. The Balaban J connectivity index is 1.77. The molecule has 1 atom stereocenters. The first-order valence-electron chi connectivity index (χ1n) is 9.55. The van der Waals surface area contributed by atoms with Gasteiger partial charge < -0.3 is 14.8 Å². The molecular formula is C23H21ClN2O4S. The zero-order chi connectivity index (χ0) is 22.2. The molecule has 1 aromatic heterocycles. The van der Waals surface area contributed by atoms with E-state index in [0.717, 1.165) is 0 Å². The van der Waals surface area contributed by atoms with Gasteiger partial charge in [-0.15, -0.1) is 0 Å². The molecule has 0 fully saturated rings. The van der Waals surface area contributed by atoms with E-state index < -0.39 is 11.2 Å². The second kappa shape index (κ2) is 10.8. The van der Waals surface area contributed by atoms with E-state index >= 15 is 0 Å². The van der Waals surface area contributed by atoms with Crippen LogP contribution in [0.1, 0.15) is 23.7 Å². The van der Waals surface area contributed by atoms with Crippen molar-refractivity contribution in [3.63, 3.8) is 0 Å². The van der Waals surface area contributed by atoms with Crippen molar-refractivity contribution in [2.75, 3.05) is 12.4 Å². The van der Waals surface area contributed by atoms with E-state index in [2.05, 4.69) is 10.3 Å². The minimum atomic E-state index is -0.594. The van der Waals surface area contributed by atoms with Gasteiger partial charge in [0.15, 0.2) is 0 Å². The van der Waals surface area contributed by atoms with Gasteiger partial charge in [0.1, 0.15) is 16.5 Å². The molecule has 3 rings (SSSR count). The third-order valence-electron chi connectivity index (χ3n) is 4.31. The van der Waals surface area contributed by atoms with Gasteiger partial charge in [0.2, 0.25) is 5.91 Å². The average molecular weight is 457 g/mol. The average Bonchev–Trinajstić information content (AvgIpc) is 2.79. The van der Waals surface area contributed by atoms with Crippen LogP contribution in [0.2, 0.25) is 5.02 Å². The van der Waals surface area contributed by atoms with Crippen molar-refractivity contribution in [3.8, 4) is 11.5 Å². The second-order valence-electron chi connectivity index (χ2n) is 6.38. The van der Waals surface area contributed by atoms with Crippen LogP contribution in [0.25, 0.3) is 0 Å². The number of nitrogens with one attached hydrogen (secondary N) is 1. The van der Waals surface area contributed by atoms with Gasteiger partial charge in [-0.05, 0) is 42.8 Å². The fourth-order valence-electron chi connectivity index (χ4n) is 2.74. The molecular weight excluding hydrogens is 436 g/mol. The summed E-state index contributed by atoms with van der Waals surface area (Å²) in [6.45, 7) is 1.89. The Hall–Kier alpha value is -3.03. The van der Waals surface area contributed by atoms with Crippen LogP contribution in [-0.2, 0) is 4.79 Å². The Kier molecular flexibility index (Phi) is 7.92. The molecule has 0 saturated heterocycles. The molecule has 0 radical (unpaired) electrons. The van der Waals surface area contributed by atoms with Crippen LogP contribution in [0, 0.1) is 0 Å². The fraction of sp³-hybridized carbons (Fsp3) is 0.174. The van der Waals surface area contributed by atoms with Gasteiger partial charge >= 0.3 is 5.97 Å². The fourth-order valence-corrected chi connectivity index (χ4v) is 3.92. The van der Waals surface area contributed by atoms with E-state index in [-0.39, 0.29) is 17.2 Å². The molecule has 0 aliphatic heterocycles. The molecule has 0 bridgehead atoms. The Bertz CT molecular complexity index is 1080. The molecule has 1 heterocycles. The summed E-state index contributed by atoms with van der Waals surface area (Å²) in [6.07, 6.45) is 2.10. The van der Waals surface area contributed by atoms with Gasteiger partial charge in [-0.1, -0.05) is 54.6 Å². The van der Waals surface area contributed by atoms with Crippen LogP contribution >= 0.6 is 23.4 Å². The zero-order valence-electron chi connectivity index (χ0n) is 17.0. The van der Waals surface area contributed by atoms with Gasteiger partial charge in [-0.2, -0.15) is 0 Å². The monoisotopic (exact) mass is 456 g/mol. The van der Waals surface area contributed by atoms with Crippen LogP contribution in [0.15, 0.2) is 71.9 Å². The summed E-state index contributed by atoms with van der Waals surface area (Å²) in [7, 11) is 1.54. The van der Waals surface area contributed by atoms with Crippen molar-refractivity contribution in [1.82, 2.24) is 4.98 Å². The third kappa shape index (κ3) is 5.77. The van der Waals surface area contributed by atoms with E-state index in [0.29, 0.717) is 27.9 Å². The zero-order valence-corrected chi connectivity index (χ0v) is 18.6. The van der Waals surface area contributed by atoms with Crippen molar-refractivity contribution in [2.24, 2.45) is 0 Å². The van der Waals surface area contributed by atoms with Gasteiger partial charge in [0, 0.05) is 6.20 Å². The van der Waals surface area contributed by atoms with Crippen LogP contribution in [0.5, 0.6) is 11.5 Å². The highest BCUT2D eigenvalue weighted by Crippen LogP contribution is 2.31. The number of hydrogen-bond donors (Lipinski definition) is 1. The van der Waals surface area contributed by atoms with E-state index in [9.17, 15) is 9.59 Å². The van der Waals surface area contributed by atoms with Crippen molar-refractivity contribution >= 4 is 40.9 Å². The lowest BCUT2D eigenvalue weighted by Gasteiger charge is -2.17. The number of para-hydroxylation sites is 3. The number of methoxy groups -OCH3 is 1. The number of amides is 1. The number of carbonyl (C=O) groups is 2. The highest BCUT2D eigenvalue weighted by atomic mass is 35.5. The lowest BCUT2D eigenvalue weighted by atomic mass is 10.2. The number of anilines is 1. The molecule has 160 valence electrons. The number of rotatable bonds is 8. The molecule has 0 aliphatic rings. The first-order valence-corrected chi connectivity index (χ1v) is 10.8. The predicted molar refractivity (Wildman–Crippen MR) is 122 cm³/mol. The van der Waals surface area contributed by atoms with Crippen molar-refractivity contribution in [3.05, 3.63) is 77.4 Å². The molecule has 0 unspecified atom stereocenters. The lowest BCUT2D eigenvalue weighted by Crippen LogP contribution is -2.25. The summed E-state index contributed by atoms with van der Waals surface area (Å²) in [5, 5.41) is 3.14. The van der Waals surface area contributed by atoms with Gasteiger partial charge in [0.25, 0.3) is 0 Å². The van der Waals surface area contributed by atoms with E-state index in [4.69, 9.17) is 21.1 Å². The molecule has 0 saturated carbocycles. The Morgan fingerprint density at radius 3 is 2.48 bits per heavy atom. The van der Waals surface area contributed by atoms with E-state index in [1.54, 1.807) is 61.8 Å². The number of benzene rings is 2. The number of carbonyl (C=O) groups excluding carboxylic acids is 2. The quantitative estimate of drug-likeness (QED) is 0.275. The maximum atomic E-state index is 12.9. The van der Waals surface area contributed by atoms with Crippen LogP contribution in [-0.4, -0.2) is 29.2 Å². The standard InChI is InChI=1S/C23H21ClN2O4S/c1-3-20(21(27)26-17-11-5-7-13-19(17)29-2)31-22-15(9-8-14-25-22)23(28)30-18-12-6-4-10-16(18)24/h4-14,20H,3H2,1-2H3,(H,26,27)/t20-/m0/s1. The second-order valence-corrected chi connectivity index (χ2v) is 7.98. The first-order chi connectivity index (χ1) is 15.0. The summed E-state index contributed by atoms with van der Waals surface area (Å²) in [4.78, 5) is 29.9. The first kappa shape index (κ1) is 22.7. The van der Waals surface area contributed by atoms with E-state index in [1.165, 1.54) is 11.8 Å². The number of ether oxygens (including phenoxy) is 2. The van der Waals surface area contributed by atoms with Gasteiger partial charge in [-0.25, -0.2) is 9.78 Å². The maximum absolute atomic E-state index is 12.9. The maximum Gasteiger partial charge on any atom is 0.346 e. The number of esters is 1. The lowest BCUT2D eigenvalue weighted by molar-refractivity contribution is -0.115.